The third kappa shape index (κ3) is 3.43. The van der Waals surface area contributed by atoms with Crippen molar-refractivity contribution in [3.05, 3.63) is 0 Å². The van der Waals surface area contributed by atoms with Gasteiger partial charge in [0.1, 0.15) is 6.04 Å². The van der Waals surface area contributed by atoms with Crippen molar-refractivity contribution in [2.45, 2.75) is 51.1 Å². The van der Waals surface area contributed by atoms with Crippen LogP contribution in [0.3, 0.4) is 0 Å². The van der Waals surface area contributed by atoms with Crippen LogP contribution < -0.4 is 5.73 Å². The smallest absolute Gasteiger partial charge is 0.328 e. The van der Waals surface area contributed by atoms with Gasteiger partial charge in [-0.2, -0.15) is 0 Å². The van der Waals surface area contributed by atoms with E-state index in [0.717, 1.165) is 19.3 Å². The number of unbranched alkanes of at least 4 members (excludes halogenated alkanes) is 1. The maximum Gasteiger partial charge on any atom is 0.328 e. The number of amides is 1. The van der Waals surface area contributed by atoms with Crippen LogP contribution in [0.15, 0.2) is 0 Å². The number of ether oxygens (including phenoxy) is 1. The number of carbonyl (C=O) groups is 2. The molecule has 0 unspecified atom stereocenters. The number of nitrogens with two attached hydrogens (primary N) is 1. The minimum atomic E-state index is -0.486. The highest BCUT2D eigenvalue weighted by molar-refractivity contribution is 5.88. The normalized spacial score (nSPS) is 21.4. The second-order valence-electron chi connectivity index (χ2n) is 4.46. The molecule has 1 aliphatic heterocycles. The van der Waals surface area contributed by atoms with Crippen LogP contribution in [0.5, 0.6) is 0 Å². The van der Waals surface area contributed by atoms with E-state index in [-0.39, 0.29) is 11.9 Å². The van der Waals surface area contributed by atoms with Crippen LogP contribution in [0.2, 0.25) is 0 Å². The van der Waals surface area contributed by atoms with Gasteiger partial charge < -0.3 is 15.4 Å². The largest absolute Gasteiger partial charge is 0.467 e. The van der Waals surface area contributed by atoms with Gasteiger partial charge in [-0.15, -0.1) is 0 Å². The summed E-state index contributed by atoms with van der Waals surface area (Å²) in [5, 5.41) is 0. The zero-order valence-electron chi connectivity index (χ0n) is 10.6. The maximum atomic E-state index is 12.1. The molecule has 0 radical (unpaired) electrons. The molecule has 17 heavy (non-hydrogen) atoms. The lowest BCUT2D eigenvalue weighted by Gasteiger charge is -2.25. The molecular weight excluding hydrogens is 220 g/mol. The average Bonchev–Trinajstić information content (AvgIpc) is 2.82. The summed E-state index contributed by atoms with van der Waals surface area (Å²) in [6.45, 7) is 2.67. The molecule has 0 aromatic carbocycles. The molecule has 98 valence electrons. The Morgan fingerprint density at radius 3 is 2.82 bits per heavy atom. The second-order valence-corrected chi connectivity index (χ2v) is 4.46. The number of nitrogens with zero attached hydrogens (tertiary/aromatic N) is 1. The third-order valence-corrected chi connectivity index (χ3v) is 3.20. The minimum absolute atomic E-state index is 0.119. The Bertz CT molecular complexity index is 281. The van der Waals surface area contributed by atoms with E-state index in [1.54, 1.807) is 4.90 Å². The summed E-state index contributed by atoms with van der Waals surface area (Å²) >= 11 is 0. The van der Waals surface area contributed by atoms with Crippen LogP contribution in [-0.4, -0.2) is 42.5 Å². The molecule has 1 aliphatic rings. The topological polar surface area (TPSA) is 72.6 Å². The SMILES string of the molecule is CCCC[C@H](N)C(=O)N1CCC[C@H]1C(=O)OC. The number of methoxy groups -OCH3 is 1. The van der Waals surface area contributed by atoms with Crippen LogP contribution in [0.25, 0.3) is 0 Å². The lowest BCUT2D eigenvalue weighted by atomic mass is 10.1. The van der Waals surface area contributed by atoms with Gasteiger partial charge in [0, 0.05) is 6.54 Å². The van der Waals surface area contributed by atoms with E-state index in [0.29, 0.717) is 19.4 Å². The number of rotatable bonds is 5. The summed E-state index contributed by atoms with van der Waals surface area (Å²) in [6, 6.07) is -0.916. The van der Waals surface area contributed by atoms with Crippen molar-refractivity contribution < 1.29 is 14.3 Å². The Labute approximate surface area is 102 Å². The minimum Gasteiger partial charge on any atom is -0.467 e. The van der Waals surface area contributed by atoms with Crippen LogP contribution in [0, 0.1) is 0 Å². The van der Waals surface area contributed by atoms with Crippen LogP contribution in [0.4, 0.5) is 0 Å². The zero-order valence-corrected chi connectivity index (χ0v) is 10.6. The molecule has 5 heteroatoms. The first-order valence-corrected chi connectivity index (χ1v) is 6.25. The Kier molecular flexibility index (Phi) is 5.41. The average molecular weight is 242 g/mol. The molecule has 0 saturated carbocycles. The molecule has 2 N–H and O–H groups in total. The Balaban J connectivity index is 2.58. The van der Waals surface area contributed by atoms with Crippen molar-refractivity contribution in [3.8, 4) is 0 Å². The molecule has 0 aliphatic carbocycles. The van der Waals surface area contributed by atoms with Gasteiger partial charge in [0.25, 0.3) is 0 Å². The van der Waals surface area contributed by atoms with Gasteiger partial charge in [0.15, 0.2) is 0 Å². The lowest BCUT2D eigenvalue weighted by molar-refractivity contribution is -0.151. The van der Waals surface area contributed by atoms with E-state index >= 15 is 0 Å². The Morgan fingerprint density at radius 1 is 1.53 bits per heavy atom. The van der Waals surface area contributed by atoms with E-state index in [4.69, 9.17) is 10.5 Å². The van der Waals surface area contributed by atoms with Crippen LogP contribution in [0.1, 0.15) is 39.0 Å². The molecule has 1 amide bonds. The summed E-state index contributed by atoms with van der Waals surface area (Å²) in [6.07, 6.45) is 4.15. The van der Waals surface area contributed by atoms with E-state index < -0.39 is 12.1 Å². The van der Waals surface area contributed by atoms with Crippen molar-refractivity contribution in [1.82, 2.24) is 4.90 Å². The van der Waals surface area contributed by atoms with Crippen molar-refractivity contribution in [3.63, 3.8) is 0 Å². The molecule has 0 aromatic heterocycles. The van der Waals surface area contributed by atoms with Crippen molar-refractivity contribution in [1.29, 1.82) is 0 Å². The fraction of sp³-hybridized carbons (Fsp3) is 0.833. The van der Waals surface area contributed by atoms with Gasteiger partial charge in [-0.25, -0.2) is 4.79 Å². The van der Waals surface area contributed by atoms with Gasteiger partial charge >= 0.3 is 5.97 Å². The zero-order chi connectivity index (χ0) is 12.8. The highest BCUT2D eigenvalue weighted by Crippen LogP contribution is 2.19. The Morgan fingerprint density at radius 2 is 2.24 bits per heavy atom. The van der Waals surface area contributed by atoms with E-state index in [9.17, 15) is 9.59 Å². The van der Waals surface area contributed by atoms with Crippen LogP contribution >= 0.6 is 0 Å². The van der Waals surface area contributed by atoms with Gasteiger partial charge in [0.05, 0.1) is 13.2 Å². The van der Waals surface area contributed by atoms with E-state index in [1.165, 1.54) is 7.11 Å². The third-order valence-electron chi connectivity index (χ3n) is 3.20. The first kappa shape index (κ1) is 14.0. The van der Waals surface area contributed by atoms with E-state index in [1.807, 2.05) is 0 Å². The summed E-state index contributed by atoms with van der Waals surface area (Å²) < 4.78 is 4.70. The quantitative estimate of drug-likeness (QED) is 0.719. The molecule has 2 atom stereocenters. The van der Waals surface area contributed by atoms with Crippen LogP contribution in [-0.2, 0) is 14.3 Å². The number of carbonyl (C=O) groups excluding carboxylic acids is 2. The molecular formula is C12H22N2O3. The molecule has 0 spiro atoms. The monoisotopic (exact) mass is 242 g/mol. The molecule has 5 nitrogen and oxygen atoms in total. The summed E-state index contributed by atoms with van der Waals surface area (Å²) in [7, 11) is 1.35. The molecule has 0 bridgehead atoms. The van der Waals surface area contributed by atoms with Crippen molar-refractivity contribution >= 4 is 11.9 Å². The standard InChI is InChI=1S/C12H22N2O3/c1-3-4-6-9(13)11(15)14-8-5-7-10(14)12(16)17-2/h9-10H,3-8,13H2,1-2H3/t9-,10-/m0/s1. The first-order chi connectivity index (χ1) is 8.11. The molecule has 0 aromatic rings. The summed E-state index contributed by atoms with van der Waals surface area (Å²) in [4.78, 5) is 25.2. The van der Waals surface area contributed by atoms with E-state index in [2.05, 4.69) is 6.92 Å². The predicted octanol–water partition coefficient (Wildman–Crippen LogP) is 0.668. The lowest BCUT2D eigenvalue weighted by Crippen LogP contribution is -2.48. The maximum absolute atomic E-state index is 12.1. The van der Waals surface area contributed by atoms with Crippen molar-refractivity contribution in [2.24, 2.45) is 5.73 Å². The second kappa shape index (κ2) is 6.59. The number of likely N-dealkylation sites (tertiary alicyclic amines) is 1. The fourth-order valence-corrected chi connectivity index (χ4v) is 2.17. The van der Waals surface area contributed by atoms with Gasteiger partial charge in [-0.3, -0.25) is 4.79 Å². The highest BCUT2D eigenvalue weighted by atomic mass is 16.5. The molecule has 1 rings (SSSR count). The Hall–Kier alpha value is -1.10. The van der Waals surface area contributed by atoms with Crippen molar-refractivity contribution in [2.75, 3.05) is 13.7 Å². The number of hydrogen-bond acceptors (Lipinski definition) is 4. The molecule has 1 fully saturated rings. The van der Waals surface area contributed by atoms with Gasteiger partial charge in [0.2, 0.25) is 5.91 Å². The number of esters is 1. The highest BCUT2D eigenvalue weighted by Gasteiger charge is 2.36. The summed E-state index contributed by atoms with van der Waals surface area (Å²) in [5.41, 5.74) is 5.84. The van der Waals surface area contributed by atoms with Gasteiger partial charge in [-0.05, 0) is 19.3 Å². The summed E-state index contributed by atoms with van der Waals surface area (Å²) in [5.74, 6) is -0.454. The number of hydrogen-bond donors (Lipinski definition) is 1. The van der Waals surface area contributed by atoms with Gasteiger partial charge in [-0.1, -0.05) is 19.8 Å². The fourth-order valence-electron chi connectivity index (χ4n) is 2.17. The first-order valence-electron chi connectivity index (χ1n) is 6.25. The molecule has 1 heterocycles. The molecule has 1 saturated heterocycles. The predicted molar refractivity (Wildman–Crippen MR) is 64.3 cm³/mol.